The van der Waals surface area contributed by atoms with Crippen LogP contribution < -0.4 is 0 Å². The van der Waals surface area contributed by atoms with Crippen LogP contribution in [0.5, 0.6) is 0 Å². The van der Waals surface area contributed by atoms with E-state index < -0.39 is 0 Å². The average Bonchev–Trinajstić information content (AvgIpc) is 3.05. The van der Waals surface area contributed by atoms with E-state index in [0.717, 1.165) is 25.1 Å². The van der Waals surface area contributed by atoms with Crippen LogP contribution in [0.1, 0.15) is 15.2 Å². The lowest BCUT2D eigenvalue weighted by Gasteiger charge is -1.98. The molecule has 102 valence electrons. The first kappa shape index (κ1) is 12.8. The van der Waals surface area contributed by atoms with Gasteiger partial charge in [0.25, 0.3) is 0 Å². The highest BCUT2D eigenvalue weighted by Gasteiger charge is 2.15. The van der Waals surface area contributed by atoms with Crippen molar-refractivity contribution in [2.75, 3.05) is 0 Å². The highest BCUT2D eigenvalue weighted by atomic mass is 79.9. The monoisotopic (exact) mass is 355 g/mol. The Morgan fingerprint density at radius 1 is 1.00 bits per heavy atom. The first-order valence-electron chi connectivity index (χ1n) is 6.53. The first-order chi connectivity index (χ1) is 10.2. The second-order valence-electron chi connectivity index (χ2n) is 4.86. The van der Waals surface area contributed by atoms with Crippen LogP contribution in [0.25, 0.3) is 21.1 Å². The third-order valence-electron chi connectivity index (χ3n) is 3.53. The molecule has 0 aliphatic rings. The predicted molar refractivity (Wildman–Crippen MR) is 91.3 cm³/mol. The zero-order valence-corrected chi connectivity index (χ0v) is 13.3. The Morgan fingerprint density at radius 2 is 1.76 bits per heavy atom. The topological polar surface area (TPSA) is 32.9 Å². The van der Waals surface area contributed by atoms with Gasteiger partial charge in [0, 0.05) is 26.3 Å². The van der Waals surface area contributed by atoms with Crippen molar-refractivity contribution in [1.82, 2.24) is 4.98 Å². The number of aromatic amines is 1. The van der Waals surface area contributed by atoms with Gasteiger partial charge in [0.2, 0.25) is 5.78 Å². The molecule has 0 saturated heterocycles. The van der Waals surface area contributed by atoms with Crippen molar-refractivity contribution in [2.45, 2.75) is 0 Å². The molecule has 21 heavy (non-hydrogen) atoms. The molecule has 0 unspecified atom stereocenters. The summed E-state index contributed by atoms with van der Waals surface area (Å²) in [7, 11) is 0. The zero-order valence-electron chi connectivity index (χ0n) is 10.9. The molecule has 0 spiro atoms. The molecule has 2 aromatic heterocycles. The molecule has 2 nitrogen and oxygen atoms in total. The minimum atomic E-state index is 0.0705. The van der Waals surface area contributed by atoms with E-state index in [4.69, 9.17) is 0 Å². The van der Waals surface area contributed by atoms with Gasteiger partial charge in [0.15, 0.2) is 0 Å². The third kappa shape index (κ3) is 2.11. The molecule has 0 bridgehead atoms. The number of rotatable bonds is 2. The van der Waals surface area contributed by atoms with Crippen LogP contribution >= 0.6 is 27.3 Å². The number of thiophene rings is 1. The molecule has 4 rings (SSSR count). The molecule has 0 radical (unpaired) electrons. The van der Waals surface area contributed by atoms with E-state index in [1.165, 1.54) is 16.7 Å². The molecular weight excluding hydrogens is 346 g/mol. The van der Waals surface area contributed by atoms with E-state index in [1.54, 1.807) is 0 Å². The van der Waals surface area contributed by atoms with Crippen molar-refractivity contribution in [3.05, 3.63) is 69.5 Å². The summed E-state index contributed by atoms with van der Waals surface area (Å²) < 4.78 is 0.975. The summed E-state index contributed by atoms with van der Waals surface area (Å²) in [5.41, 5.74) is 1.83. The van der Waals surface area contributed by atoms with Gasteiger partial charge in [-0.2, -0.15) is 0 Å². The Morgan fingerprint density at radius 3 is 2.57 bits per heavy atom. The summed E-state index contributed by atoms with van der Waals surface area (Å²) in [6.45, 7) is 0. The fourth-order valence-electron chi connectivity index (χ4n) is 2.49. The molecule has 2 aromatic carbocycles. The minimum Gasteiger partial charge on any atom is -0.346 e. The normalized spacial score (nSPS) is 11.3. The van der Waals surface area contributed by atoms with Crippen LogP contribution in [-0.2, 0) is 0 Å². The maximum Gasteiger partial charge on any atom is 0.203 e. The SMILES string of the molecule is O=C(c1ccc(Br)cc1)c1cc2c([nH]c3ccccc32)s1. The van der Waals surface area contributed by atoms with Gasteiger partial charge in [-0.25, -0.2) is 0 Å². The number of benzene rings is 2. The van der Waals surface area contributed by atoms with E-state index in [0.29, 0.717) is 5.56 Å². The molecule has 0 aliphatic carbocycles. The van der Waals surface area contributed by atoms with E-state index >= 15 is 0 Å². The number of halogens is 1. The van der Waals surface area contributed by atoms with Crippen LogP contribution in [-0.4, -0.2) is 10.8 Å². The number of para-hydroxylation sites is 1. The van der Waals surface area contributed by atoms with Crippen LogP contribution in [0.3, 0.4) is 0 Å². The van der Waals surface area contributed by atoms with Crippen molar-refractivity contribution in [2.24, 2.45) is 0 Å². The number of aromatic nitrogens is 1. The summed E-state index contributed by atoms with van der Waals surface area (Å²) in [6, 6.07) is 17.6. The zero-order chi connectivity index (χ0) is 14.4. The van der Waals surface area contributed by atoms with Crippen LogP contribution in [0.2, 0.25) is 0 Å². The lowest BCUT2D eigenvalue weighted by atomic mass is 10.1. The molecule has 2 heterocycles. The fraction of sp³-hybridized carbons (Fsp3) is 0. The largest absolute Gasteiger partial charge is 0.346 e. The highest BCUT2D eigenvalue weighted by molar-refractivity contribution is 9.10. The first-order valence-corrected chi connectivity index (χ1v) is 8.14. The van der Waals surface area contributed by atoms with Gasteiger partial charge in [0.1, 0.15) is 4.83 Å². The highest BCUT2D eigenvalue weighted by Crippen LogP contribution is 2.33. The summed E-state index contributed by atoms with van der Waals surface area (Å²) in [6.07, 6.45) is 0. The Balaban J connectivity index is 1.83. The number of hydrogen-bond acceptors (Lipinski definition) is 2. The minimum absolute atomic E-state index is 0.0705. The number of carbonyl (C=O) groups excluding carboxylic acids is 1. The van der Waals surface area contributed by atoms with Gasteiger partial charge < -0.3 is 4.98 Å². The maximum atomic E-state index is 12.5. The van der Waals surface area contributed by atoms with E-state index in [9.17, 15) is 4.79 Å². The van der Waals surface area contributed by atoms with Crippen LogP contribution in [0.15, 0.2) is 59.1 Å². The number of carbonyl (C=O) groups is 1. The maximum absolute atomic E-state index is 12.5. The predicted octanol–water partition coefficient (Wildman–Crippen LogP) is 5.38. The van der Waals surface area contributed by atoms with Crippen molar-refractivity contribution in [1.29, 1.82) is 0 Å². The van der Waals surface area contributed by atoms with Crippen molar-refractivity contribution in [3.63, 3.8) is 0 Å². The molecule has 0 aliphatic heterocycles. The number of H-pyrrole nitrogens is 1. The molecule has 1 N–H and O–H groups in total. The van der Waals surface area contributed by atoms with Gasteiger partial charge >= 0.3 is 0 Å². The molecule has 0 fully saturated rings. The third-order valence-corrected chi connectivity index (χ3v) is 5.11. The van der Waals surface area contributed by atoms with E-state index in [1.807, 2.05) is 42.5 Å². The summed E-state index contributed by atoms with van der Waals surface area (Å²) in [4.78, 5) is 17.7. The molecule has 0 amide bonds. The molecule has 4 heteroatoms. The second kappa shape index (κ2) is 4.83. The van der Waals surface area contributed by atoms with E-state index in [2.05, 4.69) is 33.0 Å². The lowest BCUT2D eigenvalue weighted by Crippen LogP contribution is -1.97. The van der Waals surface area contributed by atoms with Gasteiger partial charge in [0.05, 0.1) is 4.88 Å². The molecule has 0 saturated carbocycles. The molecule has 4 aromatic rings. The fourth-order valence-corrected chi connectivity index (χ4v) is 3.80. The van der Waals surface area contributed by atoms with E-state index in [-0.39, 0.29) is 5.78 Å². The number of ketones is 1. The standard InChI is InChI=1S/C17H10BrNOS/c18-11-7-5-10(6-8-11)16(20)15-9-13-12-3-1-2-4-14(12)19-17(13)21-15/h1-9,19H. The van der Waals surface area contributed by atoms with Gasteiger partial charge in [-0.15, -0.1) is 11.3 Å². The summed E-state index contributed by atoms with van der Waals surface area (Å²) in [5.74, 6) is 0.0705. The Hall–Kier alpha value is -1.91. The number of nitrogens with one attached hydrogen (secondary N) is 1. The molecular formula is C17H10BrNOS. The van der Waals surface area contributed by atoms with Crippen LogP contribution in [0.4, 0.5) is 0 Å². The Kier molecular flexibility index (Phi) is 2.94. The number of fused-ring (bicyclic) bond motifs is 3. The Bertz CT molecular complexity index is 965. The lowest BCUT2D eigenvalue weighted by molar-refractivity contribution is 0.104. The second-order valence-corrected chi connectivity index (χ2v) is 6.83. The number of hydrogen-bond donors (Lipinski definition) is 1. The summed E-state index contributed by atoms with van der Waals surface area (Å²) >= 11 is 4.90. The van der Waals surface area contributed by atoms with Gasteiger partial charge in [-0.05, 0) is 36.4 Å². The van der Waals surface area contributed by atoms with Crippen molar-refractivity contribution in [3.8, 4) is 0 Å². The average molecular weight is 356 g/mol. The van der Waals surface area contributed by atoms with Gasteiger partial charge in [-0.3, -0.25) is 4.79 Å². The van der Waals surface area contributed by atoms with Crippen molar-refractivity contribution < 1.29 is 4.79 Å². The smallest absolute Gasteiger partial charge is 0.203 e. The summed E-state index contributed by atoms with van der Waals surface area (Å²) in [5, 5.41) is 2.29. The van der Waals surface area contributed by atoms with Crippen LogP contribution in [0, 0.1) is 0 Å². The van der Waals surface area contributed by atoms with Crippen molar-refractivity contribution >= 4 is 54.2 Å². The quantitative estimate of drug-likeness (QED) is 0.481. The molecule has 0 atom stereocenters. The Labute approximate surface area is 133 Å². The van der Waals surface area contributed by atoms with Gasteiger partial charge in [-0.1, -0.05) is 34.1 Å².